The van der Waals surface area contributed by atoms with Crippen LogP contribution in [0, 0.1) is 6.92 Å². The molecule has 0 bridgehead atoms. The zero-order chi connectivity index (χ0) is 15.0. The molecule has 0 atom stereocenters. The van der Waals surface area contributed by atoms with Crippen molar-refractivity contribution in [3.05, 3.63) is 79.9 Å². The van der Waals surface area contributed by atoms with E-state index >= 15 is 0 Å². The van der Waals surface area contributed by atoms with Gasteiger partial charge in [0.15, 0.2) is 5.78 Å². The fourth-order valence-corrected chi connectivity index (χ4v) is 2.24. The second kappa shape index (κ2) is 4.86. The smallest absolute Gasteiger partial charge is 0.314 e. The fraction of sp³-hybridized carbons (Fsp3) is 0.0625. The molecule has 104 valence electrons. The van der Waals surface area contributed by atoms with Crippen molar-refractivity contribution in [1.29, 1.82) is 0 Å². The molecule has 0 unspecified atom stereocenters. The standard InChI is InChI=1S/C16H12N2O3/c1-9-4-2-3-5-11(9)14(19)10-6-7-12-13(8-10)18-16(21)15(20)17-12/h2-8H,1H3,(H,17,20)(H,18,21). The van der Waals surface area contributed by atoms with Gasteiger partial charge < -0.3 is 9.97 Å². The molecule has 0 aliphatic heterocycles. The minimum Gasteiger partial charge on any atom is -0.316 e. The molecule has 0 spiro atoms. The number of benzene rings is 2. The van der Waals surface area contributed by atoms with Crippen LogP contribution < -0.4 is 11.1 Å². The quantitative estimate of drug-likeness (QED) is 0.554. The number of hydrogen-bond donors (Lipinski definition) is 2. The minimum absolute atomic E-state index is 0.123. The predicted octanol–water partition coefficient (Wildman–Crippen LogP) is 1.76. The first-order valence-corrected chi connectivity index (χ1v) is 6.43. The van der Waals surface area contributed by atoms with Gasteiger partial charge in [-0.15, -0.1) is 0 Å². The van der Waals surface area contributed by atoms with Crippen molar-refractivity contribution < 1.29 is 4.79 Å². The van der Waals surface area contributed by atoms with Crippen LogP contribution in [-0.4, -0.2) is 15.8 Å². The van der Waals surface area contributed by atoms with Crippen LogP contribution in [-0.2, 0) is 0 Å². The van der Waals surface area contributed by atoms with Crippen molar-refractivity contribution in [1.82, 2.24) is 9.97 Å². The monoisotopic (exact) mass is 280 g/mol. The van der Waals surface area contributed by atoms with Crippen molar-refractivity contribution >= 4 is 16.8 Å². The molecule has 1 aromatic heterocycles. The van der Waals surface area contributed by atoms with E-state index in [2.05, 4.69) is 9.97 Å². The fourth-order valence-electron chi connectivity index (χ4n) is 2.24. The molecule has 3 aromatic rings. The summed E-state index contributed by atoms with van der Waals surface area (Å²) in [4.78, 5) is 40.0. The Morgan fingerprint density at radius 1 is 0.905 bits per heavy atom. The van der Waals surface area contributed by atoms with E-state index in [0.717, 1.165) is 5.56 Å². The van der Waals surface area contributed by atoms with E-state index < -0.39 is 11.1 Å². The summed E-state index contributed by atoms with van der Waals surface area (Å²) >= 11 is 0. The molecule has 2 aromatic carbocycles. The maximum Gasteiger partial charge on any atom is 0.314 e. The Morgan fingerprint density at radius 3 is 2.29 bits per heavy atom. The van der Waals surface area contributed by atoms with Crippen LogP contribution in [0.25, 0.3) is 11.0 Å². The second-order valence-corrected chi connectivity index (χ2v) is 4.81. The Hall–Kier alpha value is -2.95. The summed E-state index contributed by atoms with van der Waals surface area (Å²) in [6.07, 6.45) is 0. The van der Waals surface area contributed by atoms with Gasteiger partial charge in [-0.2, -0.15) is 0 Å². The second-order valence-electron chi connectivity index (χ2n) is 4.81. The van der Waals surface area contributed by atoms with E-state index in [1.807, 2.05) is 19.1 Å². The summed E-state index contributed by atoms with van der Waals surface area (Å²) < 4.78 is 0. The Labute approximate surface area is 119 Å². The average Bonchev–Trinajstić information content (AvgIpc) is 2.48. The lowest BCUT2D eigenvalue weighted by molar-refractivity contribution is 0.103. The van der Waals surface area contributed by atoms with Gasteiger partial charge in [0.25, 0.3) is 0 Å². The van der Waals surface area contributed by atoms with Gasteiger partial charge in [0.05, 0.1) is 11.0 Å². The highest BCUT2D eigenvalue weighted by Crippen LogP contribution is 2.16. The van der Waals surface area contributed by atoms with Crippen LogP contribution in [0.5, 0.6) is 0 Å². The third kappa shape index (κ3) is 2.29. The summed E-state index contributed by atoms with van der Waals surface area (Å²) in [5.41, 5.74) is 1.43. The number of carbonyl (C=O) groups is 1. The van der Waals surface area contributed by atoms with Gasteiger partial charge in [0, 0.05) is 11.1 Å². The van der Waals surface area contributed by atoms with Crippen LogP contribution in [0.4, 0.5) is 0 Å². The largest absolute Gasteiger partial charge is 0.316 e. The number of fused-ring (bicyclic) bond motifs is 1. The predicted molar refractivity (Wildman–Crippen MR) is 79.8 cm³/mol. The Balaban J connectivity index is 2.15. The Kier molecular flexibility index (Phi) is 3.02. The first-order valence-electron chi connectivity index (χ1n) is 6.43. The van der Waals surface area contributed by atoms with E-state index in [9.17, 15) is 14.4 Å². The molecule has 1 heterocycles. The average molecular weight is 280 g/mol. The Bertz CT molecular complexity index is 967. The molecular weight excluding hydrogens is 268 g/mol. The zero-order valence-corrected chi connectivity index (χ0v) is 11.3. The number of rotatable bonds is 2. The summed E-state index contributed by atoms with van der Waals surface area (Å²) in [7, 11) is 0. The molecule has 3 rings (SSSR count). The number of nitrogens with one attached hydrogen (secondary N) is 2. The normalized spacial score (nSPS) is 10.7. The SMILES string of the molecule is Cc1ccccc1C(=O)c1ccc2[nH]c(=O)c(=O)[nH]c2c1. The third-order valence-electron chi connectivity index (χ3n) is 3.37. The Morgan fingerprint density at radius 2 is 1.57 bits per heavy atom. The summed E-state index contributed by atoms with van der Waals surface area (Å²) in [5, 5.41) is 0. The van der Waals surface area contributed by atoms with Gasteiger partial charge in [-0.25, -0.2) is 0 Å². The van der Waals surface area contributed by atoms with Gasteiger partial charge in [0.2, 0.25) is 0 Å². The van der Waals surface area contributed by atoms with E-state index in [1.54, 1.807) is 30.3 Å². The first kappa shape index (κ1) is 13.1. The molecule has 5 heteroatoms. The molecule has 0 fully saturated rings. The van der Waals surface area contributed by atoms with E-state index in [4.69, 9.17) is 0 Å². The van der Waals surface area contributed by atoms with Crippen LogP contribution >= 0.6 is 0 Å². The molecular formula is C16H12N2O3. The highest BCUT2D eigenvalue weighted by molar-refractivity contribution is 6.11. The van der Waals surface area contributed by atoms with Crippen molar-refractivity contribution in [3.8, 4) is 0 Å². The van der Waals surface area contributed by atoms with E-state index in [-0.39, 0.29) is 5.78 Å². The van der Waals surface area contributed by atoms with Crippen molar-refractivity contribution in [2.24, 2.45) is 0 Å². The van der Waals surface area contributed by atoms with E-state index in [1.165, 1.54) is 0 Å². The lowest BCUT2D eigenvalue weighted by Gasteiger charge is -2.05. The lowest BCUT2D eigenvalue weighted by atomic mass is 9.99. The van der Waals surface area contributed by atoms with Crippen molar-refractivity contribution in [3.63, 3.8) is 0 Å². The number of aromatic nitrogens is 2. The van der Waals surface area contributed by atoms with Gasteiger partial charge in [-0.1, -0.05) is 24.3 Å². The number of aromatic amines is 2. The number of H-pyrrole nitrogens is 2. The summed E-state index contributed by atoms with van der Waals surface area (Å²) in [6.45, 7) is 1.87. The van der Waals surface area contributed by atoms with Crippen LogP contribution in [0.15, 0.2) is 52.1 Å². The number of hydrogen-bond acceptors (Lipinski definition) is 3. The van der Waals surface area contributed by atoms with Gasteiger partial charge in [-0.05, 0) is 30.7 Å². The van der Waals surface area contributed by atoms with Crippen molar-refractivity contribution in [2.75, 3.05) is 0 Å². The molecule has 21 heavy (non-hydrogen) atoms. The molecule has 2 N–H and O–H groups in total. The zero-order valence-electron chi connectivity index (χ0n) is 11.3. The molecule has 0 aliphatic rings. The topological polar surface area (TPSA) is 82.8 Å². The highest BCUT2D eigenvalue weighted by Gasteiger charge is 2.12. The maximum atomic E-state index is 12.5. The van der Waals surface area contributed by atoms with Crippen LogP contribution in [0.3, 0.4) is 0 Å². The molecule has 0 saturated heterocycles. The number of carbonyl (C=O) groups excluding carboxylic acids is 1. The molecule has 0 radical (unpaired) electrons. The summed E-state index contributed by atoms with van der Waals surface area (Å²) in [5.74, 6) is -0.123. The number of ketones is 1. The van der Waals surface area contributed by atoms with Gasteiger partial charge in [-0.3, -0.25) is 14.4 Å². The maximum absolute atomic E-state index is 12.5. The first-order chi connectivity index (χ1) is 10.1. The van der Waals surface area contributed by atoms with Crippen molar-refractivity contribution in [2.45, 2.75) is 6.92 Å². The highest BCUT2D eigenvalue weighted by atomic mass is 16.2. The molecule has 5 nitrogen and oxygen atoms in total. The number of aryl methyl sites for hydroxylation is 1. The molecule has 0 amide bonds. The molecule has 0 aliphatic carbocycles. The third-order valence-corrected chi connectivity index (χ3v) is 3.37. The lowest BCUT2D eigenvalue weighted by Crippen LogP contribution is -2.28. The minimum atomic E-state index is -0.733. The summed E-state index contributed by atoms with van der Waals surface area (Å²) in [6, 6.07) is 12.1. The van der Waals surface area contributed by atoms with Gasteiger partial charge in [0.1, 0.15) is 0 Å². The van der Waals surface area contributed by atoms with Gasteiger partial charge >= 0.3 is 11.1 Å². The van der Waals surface area contributed by atoms with E-state index in [0.29, 0.717) is 22.2 Å². The van der Waals surface area contributed by atoms with Crippen LogP contribution in [0.2, 0.25) is 0 Å². The molecule has 0 saturated carbocycles. The van der Waals surface area contributed by atoms with Crippen LogP contribution in [0.1, 0.15) is 21.5 Å².